The topological polar surface area (TPSA) is 75.4 Å². The van der Waals surface area contributed by atoms with Crippen LogP contribution in [-0.2, 0) is 6.42 Å². The summed E-state index contributed by atoms with van der Waals surface area (Å²) >= 11 is 0. The molecule has 2 aromatic rings. The number of ether oxygens (including phenoxy) is 1. The first-order valence-electron chi connectivity index (χ1n) is 7.78. The van der Waals surface area contributed by atoms with Gasteiger partial charge >= 0.3 is 0 Å². The van der Waals surface area contributed by atoms with Crippen LogP contribution in [0.1, 0.15) is 25.8 Å². The maximum absolute atomic E-state index is 5.87. The van der Waals surface area contributed by atoms with Crippen LogP contribution in [0.3, 0.4) is 0 Å². The zero-order valence-corrected chi connectivity index (χ0v) is 16.4. The number of aromatic nitrogens is 1. The minimum absolute atomic E-state index is 0. The molecule has 6 heteroatoms. The van der Waals surface area contributed by atoms with Gasteiger partial charge in [-0.1, -0.05) is 19.9 Å². The summed E-state index contributed by atoms with van der Waals surface area (Å²) in [6.45, 7) is 5.90. The van der Waals surface area contributed by atoms with Gasteiger partial charge in [0.25, 0.3) is 0 Å². The van der Waals surface area contributed by atoms with Crippen LogP contribution < -0.4 is 15.8 Å². The molecular weight excluding hydrogens is 403 g/mol. The first-order valence-corrected chi connectivity index (χ1v) is 7.78. The molecule has 0 fully saturated rings. The fourth-order valence-electron chi connectivity index (χ4n) is 2.41. The second kappa shape index (κ2) is 9.64. The summed E-state index contributed by atoms with van der Waals surface area (Å²) in [6.07, 6.45) is 3.95. The molecule has 0 unspecified atom stereocenters. The second-order valence-corrected chi connectivity index (χ2v) is 5.82. The van der Waals surface area contributed by atoms with Gasteiger partial charge in [0.05, 0.1) is 7.11 Å². The molecule has 23 heavy (non-hydrogen) atoms. The van der Waals surface area contributed by atoms with Crippen LogP contribution in [0.4, 0.5) is 0 Å². The van der Waals surface area contributed by atoms with Gasteiger partial charge in [-0.3, -0.25) is 4.99 Å². The largest absolute Gasteiger partial charge is 0.496 e. The maximum atomic E-state index is 5.87. The van der Waals surface area contributed by atoms with Gasteiger partial charge in [-0.25, -0.2) is 0 Å². The van der Waals surface area contributed by atoms with Crippen LogP contribution >= 0.6 is 24.0 Å². The Hall–Kier alpha value is -1.44. The smallest absolute Gasteiger partial charge is 0.188 e. The van der Waals surface area contributed by atoms with Crippen molar-refractivity contribution in [2.24, 2.45) is 16.6 Å². The fraction of sp³-hybridized carbons (Fsp3) is 0.471. The van der Waals surface area contributed by atoms with E-state index in [-0.39, 0.29) is 24.0 Å². The van der Waals surface area contributed by atoms with Crippen molar-refractivity contribution in [1.29, 1.82) is 0 Å². The number of halogens is 1. The minimum Gasteiger partial charge on any atom is -0.496 e. The molecule has 0 amide bonds. The molecule has 1 heterocycles. The summed E-state index contributed by atoms with van der Waals surface area (Å²) in [6, 6.07) is 6.02. The van der Waals surface area contributed by atoms with Crippen LogP contribution in [0.2, 0.25) is 0 Å². The van der Waals surface area contributed by atoms with Crippen LogP contribution in [0.15, 0.2) is 29.4 Å². The second-order valence-electron chi connectivity index (χ2n) is 5.82. The van der Waals surface area contributed by atoms with E-state index in [4.69, 9.17) is 10.5 Å². The van der Waals surface area contributed by atoms with E-state index in [1.54, 1.807) is 7.11 Å². The zero-order valence-electron chi connectivity index (χ0n) is 14.1. The molecule has 1 aromatic heterocycles. The number of nitrogens with two attached hydrogens (primary N) is 1. The molecule has 1 aromatic carbocycles. The highest BCUT2D eigenvalue weighted by molar-refractivity contribution is 14.0. The highest BCUT2D eigenvalue weighted by atomic mass is 127. The van der Waals surface area contributed by atoms with Crippen molar-refractivity contribution < 1.29 is 4.74 Å². The van der Waals surface area contributed by atoms with E-state index in [2.05, 4.69) is 35.2 Å². The van der Waals surface area contributed by atoms with Crippen LogP contribution in [0.25, 0.3) is 10.9 Å². The number of rotatable bonds is 7. The molecule has 0 saturated carbocycles. The third kappa shape index (κ3) is 5.60. The SMILES string of the molecule is COc1cccc2[nH]cc(CCNC(N)=NCCC(C)C)c12.I. The van der Waals surface area contributed by atoms with Gasteiger partial charge in [0.2, 0.25) is 0 Å². The molecule has 0 aliphatic carbocycles. The summed E-state index contributed by atoms with van der Waals surface area (Å²) in [5.74, 6) is 2.06. The number of H-pyrrole nitrogens is 1. The van der Waals surface area contributed by atoms with E-state index >= 15 is 0 Å². The van der Waals surface area contributed by atoms with Crippen molar-refractivity contribution in [3.05, 3.63) is 30.0 Å². The van der Waals surface area contributed by atoms with Crippen molar-refractivity contribution in [1.82, 2.24) is 10.3 Å². The molecule has 0 bridgehead atoms. The Balaban J connectivity index is 0.00000264. The van der Waals surface area contributed by atoms with Gasteiger partial charge in [-0.05, 0) is 36.5 Å². The Kier molecular flexibility index (Phi) is 8.22. The molecule has 4 N–H and O–H groups in total. The van der Waals surface area contributed by atoms with E-state index in [0.717, 1.165) is 42.6 Å². The number of nitrogens with one attached hydrogen (secondary N) is 2. The highest BCUT2D eigenvalue weighted by Gasteiger charge is 2.08. The van der Waals surface area contributed by atoms with E-state index in [9.17, 15) is 0 Å². The summed E-state index contributed by atoms with van der Waals surface area (Å²) in [7, 11) is 1.70. The predicted octanol–water partition coefficient (Wildman–Crippen LogP) is 3.29. The standard InChI is InChI=1S/C17H26N4O.HI/c1-12(2)7-9-19-17(18)20-10-8-13-11-21-14-5-4-6-15(22-3)16(13)14;/h4-6,11-12,21H,7-10H2,1-3H3,(H3,18,19,20);1H. The number of benzene rings is 1. The summed E-state index contributed by atoms with van der Waals surface area (Å²) in [4.78, 5) is 7.61. The summed E-state index contributed by atoms with van der Waals surface area (Å²) in [5.41, 5.74) is 8.18. The van der Waals surface area contributed by atoms with E-state index in [0.29, 0.717) is 11.9 Å². The van der Waals surface area contributed by atoms with Crippen molar-refractivity contribution in [2.75, 3.05) is 20.2 Å². The number of nitrogens with zero attached hydrogens (tertiary/aromatic N) is 1. The monoisotopic (exact) mass is 430 g/mol. The summed E-state index contributed by atoms with van der Waals surface area (Å²) < 4.78 is 5.44. The van der Waals surface area contributed by atoms with Gasteiger partial charge in [0.1, 0.15) is 5.75 Å². The highest BCUT2D eigenvalue weighted by Crippen LogP contribution is 2.28. The Bertz CT molecular complexity index is 637. The molecule has 2 rings (SSSR count). The number of aromatic amines is 1. The lowest BCUT2D eigenvalue weighted by molar-refractivity contribution is 0.419. The van der Waals surface area contributed by atoms with Crippen LogP contribution in [0.5, 0.6) is 5.75 Å². The molecule has 0 aliphatic rings. The van der Waals surface area contributed by atoms with Gasteiger partial charge in [-0.2, -0.15) is 0 Å². The number of fused-ring (bicyclic) bond motifs is 1. The lowest BCUT2D eigenvalue weighted by atomic mass is 10.1. The van der Waals surface area contributed by atoms with Gasteiger partial charge in [-0.15, -0.1) is 24.0 Å². The normalized spacial score (nSPS) is 11.6. The number of hydrogen-bond acceptors (Lipinski definition) is 2. The quantitative estimate of drug-likeness (QED) is 0.359. The minimum atomic E-state index is 0. The number of hydrogen-bond donors (Lipinski definition) is 3. The zero-order chi connectivity index (χ0) is 15.9. The molecule has 0 radical (unpaired) electrons. The number of guanidine groups is 1. The lowest BCUT2D eigenvalue weighted by Crippen LogP contribution is -2.33. The van der Waals surface area contributed by atoms with E-state index in [1.807, 2.05) is 18.3 Å². The van der Waals surface area contributed by atoms with Crippen LogP contribution in [0, 0.1) is 5.92 Å². The van der Waals surface area contributed by atoms with Crippen molar-refractivity contribution >= 4 is 40.8 Å². The molecule has 0 spiro atoms. The molecule has 0 atom stereocenters. The molecule has 128 valence electrons. The predicted molar refractivity (Wildman–Crippen MR) is 108 cm³/mol. The van der Waals surface area contributed by atoms with Gasteiger partial charge in [0.15, 0.2) is 5.96 Å². The van der Waals surface area contributed by atoms with Crippen molar-refractivity contribution in [3.63, 3.8) is 0 Å². The van der Waals surface area contributed by atoms with Gasteiger partial charge in [0, 0.05) is 30.2 Å². The van der Waals surface area contributed by atoms with E-state index in [1.165, 1.54) is 5.56 Å². The van der Waals surface area contributed by atoms with Gasteiger partial charge < -0.3 is 20.8 Å². The first kappa shape index (κ1) is 19.6. The Labute approximate surface area is 155 Å². The molecule has 5 nitrogen and oxygen atoms in total. The number of methoxy groups -OCH3 is 1. The van der Waals surface area contributed by atoms with E-state index < -0.39 is 0 Å². The first-order chi connectivity index (χ1) is 10.6. The lowest BCUT2D eigenvalue weighted by Gasteiger charge is -2.07. The molecule has 0 aliphatic heterocycles. The fourth-order valence-corrected chi connectivity index (χ4v) is 2.41. The van der Waals surface area contributed by atoms with Crippen molar-refractivity contribution in [3.8, 4) is 5.75 Å². The Morgan fingerprint density at radius 1 is 1.39 bits per heavy atom. The Morgan fingerprint density at radius 2 is 2.17 bits per heavy atom. The average Bonchev–Trinajstić information content (AvgIpc) is 2.90. The maximum Gasteiger partial charge on any atom is 0.188 e. The van der Waals surface area contributed by atoms with Crippen molar-refractivity contribution in [2.45, 2.75) is 26.7 Å². The third-order valence-corrected chi connectivity index (χ3v) is 3.66. The van der Waals surface area contributed by atoms with Crippen LogP contribution in [-0.4, -0.2) is 31.1 Å². The average molecular weight is 430 g/mol. The number of aliphatic imine (C=N–C) groups is 1. The molecule has 0 saturated heterocycles. The Morgan fingerprint density at radius 3 is 2.87 bits per heavy atom. The molecular formula is C17H27IN4O. The summed E-state index contributed by atoms with van der Waals surface area (Å²) in [5, 5.41) is 4.31. The third-order valence-electron chi connectivity index (χ3n) is 3.66.